The first-order valence-corrected chi connectivity index (χ1v) is 16.7. The van der Waals surface area contributed by atoms with Gasteiger partial charge in [0.2, 0.25) is 5.78 Å². The second kappa shape index (κ2) is 12.5. The van der Waals surface area contributed by atoms with Gasteiger partial charge in [-0.1, -0.05) is 113 Å². The predicted molar refractivity (Wildman–Crippen MR) is 175 cm³/mol. The van der Waals surface area contributed by atoms with E-state index in [1.807, 2.05) is 42.5 Å². The molecule has 1 N–H and O–H groups in total. The minimum Gasteiger partial charge on any atom is 1.00 e. The van der Waals surface area contributed by atoms with Gasteiger partial charge in [0.25, 0.3) is 0 Å². The Balaban J connectivity index is 0.00000119. The van der Waals surface area contributed by atoms with Crippen LogP contribution < -0.4 is 5.32 Å². The number of Topliss-reactive ketones (excluding diaryl/α,β-unsaturated/α-hetero) is 2. The standard InChI is InChI=1S/C34H46N2O2.Cu.F6P/c1-31(2,3)21-17-23(33(7,8)9)29(37)27(19-21)35-25-15-13-14-16-26(25)36-28-20-22(32(4,5)6)18-24(30(28)38)34(10,11)12;;1-7(2,3,4,5)6/h13-20,27,35H,1-12H3;;/q;+1;-1. The van der Waals surface area contributed by atoms with Crippen LogP contribution in [0.1, 0.15) is 83.1 Å². The fourth-order valence-corrected chi connectivity index (χ4v) is 4.53. The summed E-state index contributed by atoms with van der Waals surface area (Å²) in [6, 6.07) is 7.14. The second-order valence-electron chi connectivity index (χ2n) is 15.6. The summed E-state index contributed by atoms with van der Waals surface area (Å²) >= 11 is 0. The Hall–Kier alpha value is -2.48. The molecule has 1 aromatic rings. The Labute approximate surface area is 279 Å². The minimum atomic E-state index is -10.7. The van der Waals surface area contributed by atoms with Crippen LogP contribution in [-0.4, -0.2) is 23.3 Å². The summed E-state index contributed by atoms with van der Waals surface area (Å²) < 4.78 is 59.2. The summed E-state index contributed by atoms with van der Waals surface area (Å²) in [5.74, 6) is 0.0106. The van der Waals surface area contributed by atoms with Crippen molar-refractivity contribution in [2.45, 2.75) is 89.1 Å². The van der Waals surface area contributed by atoms with Gasteiger partial charge in [-0.2, -0.15) is 0 Å². The number of nitrogens with one attached hydrogen (secondary N) is 1. The molecule has 0 amide bonds. The number of allylic oxidation sites excluding steroid dienone is 6. The Bertz CT molecular complexity index is 1510. The number of carbonyl (C=O) groups excluding carboxylic acids is 2. The van der Waals surface area contributed by atoms with E-state index in [1.54, 1.807) is 0 Å². The van der Waals surface area contributed by atoms with E-state index < -0.39 is 13.9 Å². The maximum absolute atomic E-state index is 13.6. The van der Waals surface area contributed by atoms with E-state index >= 15 is 0 Å². The largest absolute Gasteiger partial charge is 1.00 e. The topological polar surface area (TPSA) is 58.5 Å². The third-order valence-electron chi connectivity index (χ3n) is 7.07. The Morgan fingerprint density at radius 3 is 1.52 bits per heavy atom. The summed E-state index contributed by atoms with van der Waals surface area (Å²) in [6.45, 7) is 25.3. The first-order chi connectivity index (χ1) is 19.6. The molecule has 0 heterocycles. The molecule has 12 heteroatoms. The number of ketones is 2. The fourth-order valence-electron chi connectivity index (χ4n) is 4.53. The van der Waals surface area contributed by atoms with E-state index in [2.05, 4.69) is 94.5 Å². The molecule has 1 aromatic carbocycles. The maximum atomic E-state index is 13.6. The van der Waals surface area contributed by atoms with E-state index in [4.69, 9.17) is 4.99 Å². The van der Waals surface area contributed by atoms with Crippen molar-refractivity contribution < 1.29 is 51.8 Å². The second-order valence-corrected chi connectivity index (χ2v) is 17.5. The molecule has 0 aromatic heterocycles. The van der Waals surface area contributed by atoms with Gasteiger partial charge < -0.3 is 5.32 Å². The quantitative estimate of drug-likeness (QED) is 0.146. The zero-order valence-electron chi connectivity index (χ0n) is 28.5. The van der Waals surface area contributed by atoms with Gasteiger partial charge in [0.1, 0.15) is 11.8 Å². The van der Waals surface area contributed by atoms with Crippen molar-refractivity contribution in [3.05, 3.63) is 70.9 Å². The number of nitrogens with zero attached hydrogens (tertiary/aromatic N) is 1. The van der Waals surface area contributed by atoms with Crippen LogP contribution in [0.2, 0.25) is 0 Å². The Morgan fingerprint density at radius 2 is 1.09 bits per heavy atom. The van der Waals surface area contributed by atoms with Gasteiger partial charge in [0.15, 0.2) is 5.78 Å². The molecule has 0 fully saturated rings. The van der Waals surface area contributed by atoms with Crippen LogP contribution in [0.25, 0.3) is 0 Å². The van der Waals surface area contributed by atoms with Crippen molar-refractivity contribution >= 4 is 36.5 Å². The van der Waals surface area contributed by atoms with Gasteiger partial charge >= 0.3 is 50.1 Å². The van der Waals surface area contributed by atoms with Crippen LogP contribution in [0.15, 0.2) is 75.9 Å². The molecule has 0 saturated carbocycles. The summed E-state index contributed by atoms with van der Waals surface area (Å²) in [7, 11) is -10.7. The first-order valence-electron chi connectivity index (χ1n) is 14.6. The number of benzene rings is 1. The molecule has 0 bridgehead atoms. The van der Waals surface area contributed by atoms with E-state index in [-0.39, 0.29) is 50.3 Å². The summed E-state index contributed by atoms with van der Waals surface area (Å²) in [5.41, 5.74) is 4.75. The molecule has 46 heavy (non-hydrogen) atoms. The predicted octanol–water partition coefficient (Wildman–Crippen LogP) is 12.0. The molecule has 1 unspecified atom stereocenters. The molecule has 0 saturated heterocycles. The van der Waals surface area contributed by atoms with Gasteiger partial charge in [-0.25, -0.2) is 4.99 Å². The first kappa shape index (κ1) is 41.5. The maximum Gasteiger partial charge on any atom is 1.00 e. The summed E-state index contributed by atoms with van der Waals surface area (Å²) in [4.78, 5) is 32.1. The zero-order valence-corrected chi connectivity index (χ0v) is 30.3. The van der Waals surface area contributed by atoms with Gasteiger partial charge in [-0.3, -0.25) is 9.59 Å². The van der Waals surface area contributed by atoms with Crippen molar-refractivity contribution in [3.8, 4) is 0 Å². The van der Waals surface area contributed by atoms with Crippen molar-refractivity contribution in [1.29, 1.82) is 0 Å². The van der Waals surface area contributed by atoms with E-state index in [1.165, 1.54) is 0 Å². The van der Waals surface area contributed by atoms with Crippen molar-refractivity contribution in [2.24, 2.45) is 26.7 Å². The average molecular weight is 723 g/mol. The monoisotopic (exact) mass is 722 g/mol. The van der Waals surface area contributed by atoms with Gasteiger partial charge in [-0.15, -0.1) is 0 Å². The number of aliphatic imine (C=N–C) groups is 1. The van der Waals surface area contributed by atoms with E-state index in [9.17, 15) is 34.8 Å². The van der Waals surface area contributed by atoms with Gasteiger partial charge in [0, 0.05) is 11.1 Å². The van der Waals surface area contributed by atoms with Gasteiger partial charge in [0.05, 0.1) is 11.4 Å². The molecule has 262 valence electrons. The summed E-state index contributed by atoms with van der Waals surface area (Å²) in [5, 5.41) is 3.47. The molecular weight excluding hydrogens is 677 g/mol. The number of halogens is 6. The van der Waals surface area contributed by atoms with Crippen molar-refractivity contribution in [3.63, 3.8) is 0 Å². The number of hydrogen-bond donors (Lipinski definition) is 1. The molecule has 2 aliphatic carbocycles. The number of rotatable bonds is 3. The molecule has 1 atom stereocenters. The van der Waals surface area contributed by atoms with Crippen LogP contribution in [0.4, 0.5) is 36.6 Å². The van der Waals surface area contributed by atoms with E-state index in [0.717, 1.165) is 28.0 Å². The number of carbonyl (C=O) groups is 2. The van der Waals surface area contributed by atoms with Crippen LogP contribution in [0.5, 0.6) is 0 Å². The normalized spacial score (nSPS) is 20.6. The van der Waals surface area contributed by atoms with Crippen LogP contribution in [-0.2, 0) is 26.7 Å². The van der Waals surface area contributed by atoms with Crippen LogP contribution in [0.3, 0.4) is 0 Å². The fraction of sp³-hybridized carbons (Fsp3) is 0.500. The molecule has 0 radical (unpaired) electrons. The molecule has 0 spiro atoms. The van der Waals surface area contributed by atoms with Gasteiger partial charge in [-0.05, 0) is 51.0 Å². The molecule has 4 nitrogen and oxygen atoms in total. The number of para-hydroxylation sites is 2. The Kier molecular flexibility index (Phi) is 11.3. The molecule has 0 aliphatic heterocycles. The Morgan fingerprint density at radius 1 is 0.652 bits per heavy atom. The smallest absolute Gasteiger partial charge is 1.00 e. The number of hydrogen-bond acceptors (Lipinski definition) is 4. The zero-order chi connectivity index (χ0) is 35.3. The van der Waals surface area contributed by atoms with Crippen LogP contribution in [0, 0.1) is 21.7 Å². The number of anilines is 1. The minimum absolute atomic E-state index is 0. The molecule has 3 rings (SSSR count). The summed E-state index contributed by atoms with van der Waals surface area (Å²) in [6.07, 6.45) is 8.04. The van der Waals surface area contributed by atoms with Crippen molar-refractivity contribution in [1.82, 2.24) is 0 Å². The third kappa shape index (κ3) is 13.0. The van der Waals surface area contributed by atoms with E-state index in [0.29, 0.717) is 11.4 Å². The molecular formula is C34H46CuF6N2O2P. The average Bonchev–Trinajstić information content (AvgIpc) is 2.77. The van der Waals surface area contributed by atoms with Crippen molar-refractivity contribution in [2.75, 3.05) is 5.32 Å². The van der Waals surface area contributed by atoms with Crippen LogP contribution >= 0.6 is 7.81 Å². The third-order valence-corrected chi connectivity index (χ3v) is 7.07. The molecule has 2 aliphatic rings. The SMILES string of the molecule is CC(C)(C)C1=CC(=Nc2ccccc2NC2C=C(C(C)(C)C)C=C(C(C)(C)C)C2=O)C(=O)C(C(C)(C)C)=C1.F[P-](F)(F)(F)(F)F.[Cu+].